The quantitative estimate of drug-likeness (QED) is 0.631. The zero-order valence-electron chi connectivity index (χ0n) is 16.7. The molecule has 10 heteroatoms. The van der Waals surface area contributed by atoms with Gasteiger partial charge in [-0.15, -0.1) is 0 Å². The molecular formula is C20H21N5O5. The number of hydrogen-bond donors (Lipinski definition) is 2. The van der Waals surface area contributed by atoms with E-state index in [-0.39, 0.29) is 23.1 Å². The molecule has 30 heavy (non-hydrogen) atoms. The number of carbonyl (C=O) groups is 2. The zero-order valence-corrected chi connectivity index (χ0v) is 16.7. The summed E-state index contributed by atoms with van der Waals surface area (Å²) >= 11 is 0. The maximum absolute atomic E-state index is 12.8. The van der Waals surface area contributed by atoms with Crippen molar-refractivity contribution < 1.29 is 14.3 Å². The first-order valence-electron chi connectivity index (χ1n) is 9.07. The maximum atomic E-state index is 12.8. The first-order valence-corrected chi connectivity index (χ1v) is 9.07. The van der Waals surface area contributed by atoms with Gasteiger partial charge in [0.2, 0.25) is 5.91 Å². The molecule has 0 saturated carbocycles. The fourth-order valence-electron chi connectivity index (χ4n) is 3.02. The van der Waals surface area contributed by atoms with E-state index in [4.69, 9.17) is 0 Å². The van der Waals surface area contributed by atoms with Crippen LogP contribution in [-0.2, 0) is 30.0 Å². The van der Waals surface area contributed by atoms with Crippen molar-refractivity contribution in [3.63, 3.8) is 0 Å². The molecule has 3 aromatic rings. The lowest BCUT2D eigenvalue weighted by Gasteiger charge is -2.18. The van der Waals surface area contributed by atoms with E-state index < -0.39 is 29.3 Å². The second-order valence-corrected chi connectivity index (χ2v) is 6.67. The van der Waals surface area contributed by atoms with Crippen molar-refractivity contribution in [2.45, 2.75) is 12.5 Å². The molecule has 0 spiro atoms. The highest BCUT2D eigenvalue weighted by molar-refractivity contribution is 5.97. The highest BCUT2D eigenvalue weighted by Gasteiger charge is 2.22. The summed E-state index contributed by atoms with van der Waals surface area (Å²) in [5.74, 6) is -0.507. The number of aryl methyl sites for hydroxylation is 1. The fraction of sp³-hybridized carbons (Fsp3) is 0.250. The normalized spacial score (nSPS) is 11.7. The van der Waals surface area contributed by atoms with Crippen LogP contribution in [0, 0.1) is 0 Å². The molecule has 0 radical (unpaired) electrons. The minimum atomic E-state index is -0.918. The number of carbonyl (C=O) groups excluding carboxylic acids is 2. The molecule has 0 fully saturated rings. The number of hydrogen-bond acceptors (Lipinski definition) is 6. The predicted octanol–water partition coefficient (Wildman–Crippen LogP) is 0.538. The zero-order chi connectivity index (χ0) is 21.8. The Morgan fingerprint density at radius 3 is 2.50 bits per heavy atom. The minimum Gasteiger partial charge on any atom is -0.453 e. The van der Waals surface area contributed by atoms with Crippen molar-refractivity contribution >= 4 is 28.7 Å². The summed E-state index contributed by atoms with van der Waals surface area (Å²) in [6.45, 7) is 0. The van der Waals surface area contributed by atoms with E-state index in [0.29, 0.717) is 0 Å². The number of rotatable bonds is 5. The van der Waals surface area contributed by atoms with Crippen LogP contribution in [0.5, 0.6) is 0 Å². The van der Waals surface area contributed by atoms with Gasteiger partial charge in [0.05, 0.1) is 24.4 Å². The Morgan fingerprint density at radius 2 is 1.83 bits per heavy atom. The molecule has 0 aliphatic heterocycles. The molecule has 0 bridgehead atoms. The predicted molar refractivity (Wildman–Crippen MR) is 110 cm³/mol. The molecule has 156 valence electrons. The number of benzene rings is 1. The molecule has 2 heterocycles. The van der Waals surface area contributed by atoms with E-state index >= 15 is 0 Å². The summed E-state index contributed by atoms with van der Waals surface area (Å²) < 4.78 is 6.83. The topological polar surface area (TPSA) is 124 Å². The Balaban J connectivity index is 1.91. The molecule has 1 aromatic carbocycles. The number of methoxy groups -OCH3 is 1. The van der Waals surface area contributed by atoms with Gasteiger partial charge in [-0.2, -0.15) is 0 Å². The largest absolute Gasteiger partial charge is 0.453 e. The summed E-state index contributed by atoms with van der Waals surface area (Å²) in [5, 5.41) is 5.34. The van der Waals surface area contributed by atoms with Crippen molar-refractivity contribution in [1.82, 2.24) is 19.4 Å². The number of ether oxygens (including phenoxy) is 1. The van der Waals surface area contributed by atoms with Crippen LogP contribution >= 0.6 is 0 Å². The standard InChI is InChI=1S/C20H21N5O5/c1-24-16-14(18(27)25(2)20(24)29)10-13(11-21-16)22-17(26)15(23-19(28)30-3)9-12-7-5-4-6-8-12/h4-8,10-11,15H,9H2,1-3H3,(H,22,26)(H,23,28). The van der Waals surface area contributed by atoms with Crippen LogP contribution in [-0.4, -0.2) is 39.3 Å². The molecule has 2 N–H and O–H groups in total. The smallest absolute Gasteiger partial charge is 0.407 e. The third-order valence-electron chi connectivity index (χ3n) is 4.64. The van der Waals surface area contributed by atoms with Gasteiger partial charge in [0, 0.05) is 20.5 Å². The van der Waals surface area contributed by atoms with Crippen LogP contribution in [0.4, 0.5) is 10.5 Å². The Bertz CT molecular complexity index is 1220. The number of nitrogens with zero attached hydrogens (tertiary/aromatic N) is 3. The molecule has 0 saturated heterocycles. The summed E-state index contributed by atoms with van der Waals surface area (Å²) in [6, 6.07) is 9.70. The number of fused-ring (bicyclic) bond motifs is 1. The summed E-state index contributed by atoms with van der Waals surface area (Å²) in [5.41, 5.74) is 0.282. The van der Waals surface area contributed by atoms with Crippen molar-refractivity contribution in [3.05, 3.63) is 69.0 Å². The number of alkyl carbamates (subject to hydrolysis) is 1. The van der Waals surface area contributed by atoms with Crippen LogP contribution < -0.4 is 21.9 Å². The highest BCUT2D eigenvalue weighted by Crippen LogP contribution is 2.13. The molecule has 2 amide bonds. The van der Waals surface area contributed by atoms with E-state index in [1.165, 1.54) is 38.0 Å². The second kappa shape index (κ2) is 8.60. The highest BCUT2D eigenvalue weighted by atomic mass is 16.5. The lowest BCUT2D eigenvalue weighted by Crippen LogP contribution is -2.45. The number of aromatic nitrogens is 3. The van der Waals surface area contributed by atoms with Gasteiger partial charge in [-0.05, 0) is 11.6 Å². The molecule has 0 aliphatic carbocycles. The summed E-state index contributed by atoms with van der Waals surface area (Å²) in [4.78, 5) is 53.1. The second-order valence-electron chi connectivity index (χ2n) is 6.67. The van der Waals surface area contributed by atoms with Crippen molar-refractivity contribution in [2.75, 3.05) is 12.4 Å². The van der Waals surface area contributed by atoms with E-state index in [9.17, 15) is 19.2 Å². The number of anilines is 1. The van der Waals surface area contributed by atoms with Gasteiger partial charge in [0.25, 0.3) is 5.56 Å². The first-order chi connectivity index (χ1) is 14.3. The van der Waals surface area contributed by atoms with Gasteiger partial charge in [0.1, 0.15) is 11.7 Å². The molecule has 3 rings (SSSR count). The van der Waals surface area contributed by atoms with Crippen molar-refractivity contribution in [2.24, 2.45) is 14.1 Å². The van der Waals surface area contributed by atoms with Crippen LogP contribution in [0.3, 0.4) is 0 Å². The lowest BCUT2D eigenvalue weighted by molar-refractivity contribution is -0.118. The summed E-state index contributed by atoms with van der Waals surface area (Å²) in [7, 11) is 4.08. The van der Waals surface area contributed by atoms with E-state index in [0.717, 1.165) is 10.1 Å². The van der Waals surface area contributed by atoms with Gasteiger partial charge in [-0.3, -0.25) is 18.7 Å². The third kappa shape index (κ3) is 4.22. The van der Waals surface area contributed by atoms with Gasteiger partial charge in [-0.25, -0.2) is 14.6 Å². The third-order valence-corrected chi connectivity index (χ3v) is 4.64. The van der Waals surface area contributed by atoms with E-state index in [1.54, 1.807) is 0 Å². The Kier molecular flexibility index (Phi) is 5.95. The Hall–Kier alpha value is -3.95. The number of nitrogens with one attached hydrogen (secondary N) is 2. The molecule has 2 aromatic heterocycles. The molecule has 1 unspecified atom stereocenters. The van der Waals surface area contributed by atoms with Crippen LogP contribution in [0.15, 0.2) is 52.2 Å². The van der Waals surface area contributed by atoms with Crippen molar-refractivity contribution in [3.8, 4) is 0 Å². The molecule has 10 nitrogen and oxygen atoms in total. The van der Waals surface area contributed by atoms with Crippen LogP contribution in [0.1, 0.15) is 5.56 Å². The Morgan fingerprint density at radius 1 is 1.13 bits per heavy atom. The number of pyridine rings is 1. The van der Waals surface area contributed by atoms with Crippen LogP contribution in [0.2, 0.25) is 0 Å². The average Bonchev–Trinajstić information content (AvgIpc) is 2.76. The molecule has 0 aliphatic rings. The van der Waals surface area contributed by atoms with E-state index in [2.05, 4.69) is 20.4 Å². The maximum Gasteiger partial charge on any atom is 0.407 e. The van der Waals surface area contributed by atoms with Gasteiger partial charge >= 0.3 is 11.8 Å². The average molecular weight is 411 g/mol. The molecular weight excluding hydrogens is 390 g/mol. The van der Waals surface area contributed by atoms with E-state index in [1.807, 2.05) is 30.3 Å². The van der Waals surface area contributed by atoms with Gasteiger partial charge in [-0.1, -0.05) is 30.3 Å². The lowest BCUT2D eigenvalue weighted by atomic mass is 10.1. The van der Waals surface area contributed by atoms with Crippen LogP contribution in [0.25, 0.3) is 11.0 Å². The van der Waals surface area contributed by atoms with Gasteiger partial charge in [0.15, 0.2) is 0 Å². The Labute approximate surface area is 171 Å². The van der Waals surface area contributed by atoms with Crippen molar-refractivity contribution in [1.29, 1.82) is 0 Å². The number of amides is 2. The monoisotopic (exact) mass is 411 g/mol. The fourth-order valence-corrected chi connectivity index (χ4v) is 3.02. The summed E-state index contributed by atoms with van der Waals surface area (Å²) in [6.07, 6.45) is 0.835. The molecule has 1 atom stereocenters. The first kappa shape index (κ1) is 20.8. The minimum absolute atomic E-state index is 0.179. The SMILES string of the molecule is COC(=O)NC(Cc1ccccc1)C(=O)Nc1cnc2c(c1)c(=O)n(C)c(=O)n2C. The van der Waals surface area contributed by atoms with Gasteiger partial charge < -0.3 is 15.4 Å².